The second-order valence-electron chi connectivity index (χ2n) is 1.48. The summed E-state index contributed by atoms with van der Waals surface area (Å²) in [7, 11) is 0. The van der Waals surface area contributed by atoms with Crippen LogP contribution in [0.2, 0.25) is 0 Å². The first kappa shape index (κ1) is 9.03. The number of rotatable bonds is 3. The molecule has 0 aliphatic carbocycles. The van der Waals surface area contributed by atoms with E-state index in [2.05, 4.69) is 17.0 Å². The highest BCUT2D eigenvalue weighted by Gasteiger charge is 1.93. The van der Waals surface area contributed by atoms with Crippen molar-refractivity contribution < 1.29 is 4.79 Å². The van der Waals surface area contributed by atoms with Crippen LogP contribution in [0.25, 0.3) is 0 Å². The van der Waals surface area contributed by atoms with Crippen molar-refractivity contribution in [1.29, 1.82) is 0 Å². The average molecular weight is 159 g/mol. The Morgan fingerprint density at radius 2 is 2.50 bits per heavy atom. The normalized spacial score (nSPS) is 9.70. The van der Waals surface area contributed by atoms with Crippen molar-refractivity contribution in [2.45, 2.75) is 6.92 Å². The third kappa shape index (κ3) is 5.17. The van der Waals surface area contributed by atoms with E-state index in [0.717, 1.165) is 11.8 Å². The highest BCUT2D eigenvalue weighted by Crippen LogP contribution is 2.04. The van der Waals surface area contributed by atoms with Crippen molar-refractivity contribution in [3.63, 3.8) is 0 Å². The van der Waals surface area contributed by atoms with Crippen LogP contribution in [0.5, 0.6) is 0 Å². The smallest absolute Gasteiger partial charge is 0.221 e. The summed E-state index contributed by atoms with van der Waals surface area (Å²) in [6.45, 7) is 4.92. The molecular weight excluding hydrogens is 150 g/mol. The van der Waals surface area contributed by atoms with E-state index < -0.39 is 0 Å². The van der Waals surface area contributed by atoms with Crippen LogP contribution in [-0.2, 0) is 4.79 Å². The van der Waals surface area contributed by atoms with Gasteiger partial charge in [-0.25, -0.2) is 0 Å². The van der Waals surface area contributed by atoms with Gasteiger partial charge in [0.05, 0.1) is 10.6 Å². The molecule has 0 aliphatic heterocycles. The summed E-state index contributed by atoms with van der Waals surface area (Å²) >= 11 is 1.16. The third-order valence-electron chi connectivity index (χ3n) is 0.571. The van der Waals surface area contributed by atoms with Gasteiger partial charge in [0.15, 0.2) is 0 Å². The Morgan fingerprint density at radius 3 is 2.90 bits per heavy atom. The zero-order chi connectivity index (χ0) is 7.98. The van der Waals surface area contributed by atoms with Gasteiger partial charge in [0.25, 0.3) is 0 Å². The predicted octanol–water partition coefficient (Wildman–Crippen LogP) is 0.229. The van der Waals surface area contributed by atoms with Gasteiger partial charge in [-0.15, -0.1) is 0 Å². The van der Waals surface area contributed by atoms with Gasteiger partial charge in [0.1, 0.15) is 0 Å². The van der Waals surface area contributed by atoms with Crippen molar-refractivity contribution in [1.82, 2.24) is 5.32 Å². The Kier molecular flexibility index (Phi) is 4.39. The van der Waals surface area contributed by atoms with Gasteiger partial charge in [-0.05, 0) is 0 Å². The number of nitrogens with zero attached hydrogens (tertiary/aromatic N) is 1. The van der Waals surface area contributed by atoms with Crippen molar-refractivity contribution in [2.75, 3.05) is 0 Å². The van der Waals surface area contributed by atoms with Crippen LogP contribution < -0.4 is 11.2 Å². The van der Waals surface area contributed by atoms with E-state index in [-0.39, 0.29) is 5.91 Å². The summed E-state index contributed by atoms with van der Waals surface area (Å²) in [5.41, 5.74) is 1.39. The predicted molar refractivity (Wildman–Crippen MR) is 43.2 cm³/mol. The zero-order valence-corrected chi connectivity index (χ0v) is 6.44. The Balaban J connectivity index is 3.54. The van der Waals surface area contributed by atoms with Crippen molar-refractivity contribution >= 4 is 23.2 Å². The van der Waals surface area contributed by atoms with Crippen LogP contribution in [0.3, 0.4) is 0 Å². The van der Waals surface area contributed by atoms with Crippen LogP contribution in [0, 0.1) is 0 Å². The topological polar surface area (TPSA) is 67.5 Å². The van der Waals surface area contributed by atoms with E-state index in [0.29, 0.717) is 5.03 Å². The van der Waals surface area contributed by atoms with Gasteiger partial charge in [-0.1, -0.05) is 18.3 Å². The van der Waals surface area contributed by atoms with E-state index in [1.54, 1.807) is 0 Å². The summed E-state index contributed by atoms with van der Waals surface area (Å²) in [6.07, 6.45) is 0. The van der Waals surface area contributed by atoms with E-state index in [1.807, 2.05) is 0 Å². The van der Waals surface area contributed by atoms with Gasteiger partial charge in [0.2, 0.25) is 5.91 Å². The number of thioether (sulfide) groups is 1. The fourth-order valence-electron chi connectivity index (χ4n) is 0.320. The highest BCUT2D eigenvalue weighted by atomic mass is 32.2. The maximum Gasteiger partial charge on any atom is 0.221 e. The minimum Gasteiger partial charge on any atom is -0.323 e. The Morgan fingerprint density at radius 1 is 1.90 bits per heavy atom. The van der Waals surface area contributed by atoms with E-state index >= 15 is 0 Å². The summed E-state index contributed by atoms with van der Waals surface area (Å²) in [5, 5.41) is 6.18. The van der Waals surface area contributed by atoms with E-state index in [1.165, 1.54) is 12.5 Å². The molecule has 5 heteroatoms. The number of nitrogens with two attached hydrogens (primary N) is 1. The van der Waals surface area contributed by atoms with Crippen LogP contribution in [0.1, 0.15) is 6.92 Å². The lowest BCUT2D eigenvalue weighted by Crippen LogP contribution is -2.16. The third-order valence-corrected chi connectivity index (χ3v) is 1.18. The van der Waals surface area contributed by atoms with Crippen molar-refractivity contribution in [3.8, 4) is 0 Å². The molecule has 0 bridgehead atoms. The quantitative estimate of drug-likeness (QED) is 0.268. The molecule has 0 aromatic carbocycles. The van der Waals surface area contributed by atoms with Crippen LogP contribution in [0.4, 0.5) is 0 Å². The first-order chi connectivity index (χ1) is 4.66. The lowest BCUT2D eigenvalue weighted by Gasteiger charge is -1.99. The van der Waals surface area contributed by atoms with Gasteiger partial charge in [-0.2, -0.15) is 5.10 Å². The van der Waals surface area contributed by atoms with Crippen LogP contribution >= 0.6 is 11.8 Å². The second kappa shape index (κ2) is 4.87. The zero-order valence-electron chi connectivity index (χ0n) is 5.63. The summed E-state index contributed by atoms with van der Waals surface area (Å²) in [6, 6.07) is 0. The van der Waals surface area contributed by atoms with Crippen LogP contribution in [0.15, 0.2) is 16.7 Å². The molecule has 0 aromatic heterocycles. The number of nitrogens with one attached hydrogen (secondary N) is 1. The number of hydrogen-bond acceptors (Lipinski definition) is 4. The minimum absolute atomic E-state index is 0.150. The van der Waals surface area contributed by atoms with Crippen molar-refractivity contribution in [3.05, 3.63) is 11.6 Å². The second-order valence-corrected chi connectivity index (χ2v) is 2.42. The summed E-state index contributed by atoms with van der Waals surface area (Å²) in [5.74, 6) is 4.65. The molecule has 4 nitrogen and oxygen atoms in total. The van der Waals surface area contributed by atoms with Gasteiger partial charge in [0, 0.05) is 6.92 Å². The Hall–Kier alpha value is -0.970. The number of carbonyl (C=O) groups is 1. The summed E-state index contributed by atoms with van der Waals surface area (Å²) < 4.78 is 0. The minimum atomic E-state index is -0.150. The molecule has 0 unspecified atom stereocenters. The molecule has 0 spiro atoms. The number of amides is 1. The Labute approximate surface area is 63.5 Å². The number of hydrogen-bond donors (Lipinski definition) is 2. The number of carbonyl (C=O) groups excluding carboxylic acids is 1. The molecule has 10 heavy (non-hydrogen) atoms. The molecule has 1 amide bonds. The molecule has 0 aliphatic rings. The lowest BCUT2D eigenvalue weighted by molar-refractivity contribution is -0.118. The standard InChI is InChI=1S/C5H9N3OS/c1-4(9)8-5(2)10-3-7-6/h3H,2,6H2,1H3,(H,8,9)/b7-3-. The molecule has 0 radical (unpaired) electrons. The van der Waals surface area contributed by atoms with E-state index in [9.17, 15) is 4.79 Å². The SMILES string of the molecule is C=C(NC(C)=O)S/C=N\N. The first-order valence-corrected chi connectivity index (χ1v) is 3.39. The average Bonchev–Trinajstić information content (AvgIpc) is 1.82. The molecule has 0 saturated heterocycles. The summed E-state index contributed by atoms with van der Waals surface area (Å²) in [4.78, 5) is 10.4. The fourth-order valence-corrected chi connectivity index (χ4v) is 0.711. The van der Waals surface area contributed by atoms with Gasteiger partial charge in [-0.3, -0.25) is 4.79 Å². The number of hydrazone groups is 1. The van der Waals surface area contributed by atoms with Gasteiger partial charge < -0.3 is 11.2 Å². The maximum absolute atomic E-state index is 10.4. The molecule has 0 saturated carbocycles. The molecule has 0 rings (SSSR count). The lowest BCUT2D eigenvalue weighted by atomic mass is 10.7. The molecule has 0 fully saturated rings. The highest BCUT2D eigenvalue weighted by molar-refractivity contribution is 8.15. The maximum atomic E-state index is 10.4. The molecule has 0 aromatic rings. The molecular formula is C5H9N3OS. The van der Waals surface area contributed by atoms with E-state index in [4.69, 9.17) is 5.84 Å². The monoisotopic (exact) mass is 159 g/mol. The molecule has 0 atom stereocenters. The van der Waals surface area contributed by atoms with Gasteiger partial charge >= 0.3 is 0 Å². The molecule has 3 N–H and O–H groups in total. The Bertz CT molecular complexity index is 166. The fraction of sp³-hybridized carbons (Fsp3) is 0.200. The molecule has 0 heterocycles. The largest absolute Gasteiger partial charge is 0.323 e. The van der Waals surface area contributed by atoms with Crippen LogP contribution in [-0.4, -0.2) is 11.5 Å². The van der Waals surface area contributed by atoms with Crippen molar-refractivity contribution in [2.24, 2.45) is 10.9 Å². The molecule has 56 valence electrons. The first-order valence-electron chi connectivity index (χ1n) is 2.51.